The molecular formula is C20H20N5+. The minimum absolute atomic E-state index is 0.666. The van der Waals surface area contributed by atoms with Crippen molar-refractivity contribution in [3.63, 3.8) is 0 Å². The van der Waals surface area contributed by atoms with Crippen molar-refractivity contribution in [2.75, 3.05) is 7.05 Å². The molecule has 0 fully saturated rings. The summed E-state index contributed by atoms with van der Waals surface area (Å²) in [5, 5.41) is 15.4. The minimum atomic E-state index is 0.666. The molecule has 1 unspecified atom stereocenters. The van der Waals surface area contributed by atoms with Crippen molar-refractivity contribution in [2.45, 2.75) is 13.2 Å². The van der Waals surface area contributed by atoms with Gasteiger partial charge in [-0.3, -0.25) is 0 Å². The van der Waals surface area contributed by atoms with E-state index in [0.717, 1.165) is 12.1 Å². The van der Waals surface area contributed by atoms with Crippen LogP contribution >= 0.6 is 0 Å². The second kappa shape index (κ2) is 6.83. The minimum Gasteiger partial charge on any atom is -0.314 e. The molecule has 0 saturated carbocycles. The second-order valence-corrected chi connectivity index (χ2v) is 6.32. The SMILES string of the molecule is C[NH+](Cc1ccc2ccccc2c1)Cn1nnc(-c2ccccc2)n1. The monoisotopic (exact) mass is 330 g/mol. The largest absolute Gasteiger partial charge is 0.314 e. The molecule has 0 amide bonds. The van der Waals surface area contributed by atoms with Crippen LogP contribution in [0.25, 0.3) is 22.2 Å². The first-order chi connectivity index (χ1) is 12.3. The van der Waals surface area contributed by atoms with E-state index in [2.05, 4.69) is 64.9 Å². The summed E-state index contributed by atoms with van der Waals surface area (Å²) in [5.41, 5.74) is 2.29. The highest BCUT2D eigenvalue weighted by Gasteiger charge is 2.10. The maximum Gasteiger partial charge on any atom is 0.205 e. The Morgan fingerprint density at radius 1 is 0.880 bits per heavy atom. The molecule has 0 spiro atoms. The van der Waals surface area contributed by atoms with E-state index in [4.69, 9.17) is 0 Å². The van der Waals surface area contributed by atoms with Crippen molar-refractivity contribution in [1.29, 1.82) is 0 Å². The first-order valence-electron chi connectivity index (χ1n) is 8.40. The van der Waals surface area contributed by atoms with Gasteiger partial charge in [-0.2, -0.15) is 0 Å². The Bertz CT molecular complexity index is 977. The van der Waals surface area contributed by atoms with Gasteiger partial charge in [-0.25, -0.2) is 0 Å². The molecule has 25 heavy (non-hydrogen) atoms. The van der Waals surface area contributed by atoms with Crippen LogP contribution in [-0.4, -0.2) is 27.3 Å². The lowest BCUT2D eigenvalue weighted by Gasteiger charge is -2.13. The van der Waals surface area contributed by atoms with Gasteiger partial charge in [0.1, 0.15) is 6.54 Å². The van der Waals surface area contributed by atoms with E-state index >= 15 is 0 Å². The second-order valence-electron chi connectivity index (χ2n) is 6.32. The number of tetrazole rings is 1. The predicted octanol–water partition coefficient (Wildman–Crippen LogP) is 2.17. The number of hydrogen-bond donors (Lipinski definition) is 1. The van der Waals surface area contributed by atoms with Gasteiger partial charge in [-0.1, -0.05) is 66.7 Å². The van der Waals surface area contributed by atoms with Crippen molar-refractivity contribution in [3.8, 4) is 11.4 Å². The summed E-state index contributed by atoms with van der Waals surface area (Å²) in [6, 6.07) is 25.0. The van der Waals surface area contributed by atoms with Gasteiger partial charge in [-0.05, 0) is 22.1 Å². The van der Waals surface area contributed by atoms with Crippen LogP contribution in [0.2, 0.25) is 0 Å². The van der Waals surface area contributed by atoms with Gasteiger partial charge in [0, 0.05) is 11.1 Å². The molecule has 0 radical (unpaired) electrons. The van der Waals surface area contributed by atoms with Gasteiger partial charge >= 0.3 is 0 Å². The van der Waals surface area contributed by atoms with E-state index < -0.39 is 0 Å². The molecule has 5 nitrogen and oxygen atoms in total. The van der Waals surface area contributed by atoms with E-state index in [1.807, 2.05) is 30.3 Å². The van der Waals surface area contributed by atoms with Crippen molar-refractivity contribution in [2.24, 2.45) is 0 Å². The molecule has 3 aromatic carbocycles. The Morgan fingerprint density at radius 3 is 2.48 bits per heavy atom. The van der Waals surface area contributed by atoms with Crippen LogP contribution in [-0.2, 0) is 13.2 Å². The van der Waals surface area contributed by atoms with Crippen LogP contribution in [0.3, 0.4) is 0 Å². The molecule has 1 heterocycles. The summed E-state index contributed by atoms with van der Waals surface area (Å²) in [6.45, 7) is 1.58. The number of rotatable bonds is 5. The number of hydrogen-bond acceptors (Lipinski definition) is 3. The van der Waals surface area contributed by atoms with Gasteiger partial charge < -0.3 is 4.90 Å². The van der Waals surface area contributed by atoms with E-state index in [-0.39, 0.29) is 0 Å². The molecule has 0 bridgehead atoms. The summed E-state index contributed by atoms with van der Waals surface area (Å²) < 4.78 is 0. The average molecular weight is 330 g/mol. The maximum atomic E-state index is 4.49. The van der Waals surface area contributed by atoms with Crippen LogP contribution < -0.4 is 4.90 Å². The van der Waals surface area contributed by atoms with Gasteiger partial charge in [-0.15, -0.1) is 15.0 Å². The Balaban J connectivity index is 1.45. The highest BCUT2D eigenvalue weighted by molar-refractivity contribution is 5.82. The van der Waals surface area contributed by atoms with Crippen LogP contribution in [0.15, 0.2) is 72.8 Å². The third-order valence-corrected chi connectivity index (χ3v) is 4.22. The average Bonchev–Trinajstić information content (AvgIpc) is 3.10. The zero-order valence-corrected chi connectivity index (χ0v) is 14.1. The van der Waals surface area contributed by atoms with Crippen LogP contribution in [0.5, 0.6) is 0 Å². The molecule has 0 aliphatic rings. The van der Waals surface area contributed by atoms with Crippen molar-refractivity contribution < 1.29 is 4.90 Å². The van der Waals surface area contributed by atoms with E-state index in [1.54, 1.807) is 4.80 Å². The molecule has 0 aliphatic carbocycles. The molecule has 124 valence electrons. The normalized spacial score (nSPS) is 12.4. The fraction of sp³-hybridized carbons (Fsp3) is 0.150. The summed E-state index contributed by atoms with van der Waals surface area (Å²) in [5.74, 6) is 0.666. The van der Waals surface area contributed by atoms with Crippen molar-refractivity contribution in [3.05, 3.63) is 78.4 Å². The molecule has 1 aromatic heterocycles. The summed E-state index contributed by atoms with van der Waals surface area (Å²) in [6.07, 6.45) is 0. The van der Waals surface area contributed by atoms with Crippen LogP contribution in [0.1, 0.15) is 5.56 Å². The Morgan fingerprint density at radius 2 is 1.64 bits per heavy atom. The van der Waals surface area contributed by atoms with Crippen LogP contribution in [0.4, 0.5) is 0 Å². The molecule has 5 heteroatoms. The molecule has 1 N–H and O–H groups in total. The van der Waals surface area contributed by atoms with Crippen molar-refractivity contribution in [1.82, 2.24) is 20.2 Å². The molecule has 1 atom stereocenters. The maximum absolute atomic E-state index is 4.49. The number of quaternary nitrogens is 1. The quantitative estimate of drug-likeness (QED) is 0.610. The highest BCUT2D eigenvalue weighted by atomic mass is 15.6. The lowest BCUT2D eigenvalue weighted by molar-refractivity contribution is -0.918. The zero-order valence-electron chi connectivity index (χ0n) is 14.1. The van der Waals surface area contributed by atoms with E-state index in [1.165, 1.54) is 21.2 Å². The molecule has 0 aliphatic heterocycles. The highest BCUT2D eigenvalue weighted by Crippen LogP contribution is 2.15. The number of fused-ring (bicyclic) bond motifs is 1. The van der Waals surface area contributed by atoms with E-state index in [9.17, 15) is 0 Å². The Hall–Kier alpha value is -3.05. The molecule has 4 aromatic rings. The zero-order chi connectivity index (χ0) is 17.1. The third-order valence-electron chi connectivity index (χ3n) is 4.22. The Kier molecular flexibility index (Phi) is 4.23. The molecule has 4 rings (SSSR count). The summed E-state index contributed by atoms with van der Waals surface area (Å²) >= 11 is 0. The molecule has 0 saturated heterocycles. The van der Waals surface area contributed by atoms with Crippen molar-refractivity contribution >= 4 is 10.8 Å². The summed E-state index contributed by atoms with van der Waals surface area (Å²) in [4.78, 5) is 2.96. The number of nitrogens with one attached hydrogen (secondary N) is 1. The molecular weight excluding hydrogens is 310 g/mol. The lowest BCUT2D eigenvalue weighted by Crippen LogP contribution is -3.07. The first-order valence-corrected chi connectivity index (χ1v) is 8.40. The van der Waals surface area contributed by atoms with Gasteiger partial charge in [0.25, 0.3) is 0 Å². The fourth-order valence-corrected chi connectivity index (χ4v) is 3.01. The number of nitrogens with zero attached hydrogens (tertiary/aromatic N) is 4. The van der Waals surface area contributed by atoms with E-state index in [0.29, 0.717) is 12.5 Å². The van der Waals surface area contributed by atoms with Crippen LogP contribution in [0, 0.1) is 0 Å². The predicted molar refractivity (Wildman–Crippen MR) is 97.8 cm³/mol. The smallest absolute Gasteiger partial charge is 0.205 e. The first kappa shape index (κ1) is 15.5. The standard InChI is InChI=1S/C20H19N5/c1-24(14-16-11-12-17-7-5-6-10-19(17)13-16)15-25-22-20(21-23-25)18-8-3-2-4-9-18/h2-13H,14-15H2,1H3/p+1. The van der Waals surface area contributed by atoms with Gasteiger partial charge in [0.2, 0.25) is 5.82 Å². The Labute approximate surface area is 146 Å². The van der Waals surface area contributed by atoms with Gasteiger partial charge in [0.15, 0.2) is 6.67 Å². The number of aromatic nitrogens is 4. The number of benzene rings is 3. The van der Waals surface area contributed by atoms with Gasteiger partial charge in [0.05, 0.1) is 7.05 Å². The topological polar surface area (TPSA) is 48.0 Å². The fourth-order valence-electron chi connectivity index (χ4n) is 3.01. The third kappa shape index (κ3) is 3.56. The summed E-state index contributed by atoms with van der Waals surface area (Å²) in [7, 11) is 2.14. The lowest BCUT2D eigenvalue weighted by atomic mass is 10.1.